The van der Waals surface area contributed by atoms with Gasteiger partial charge in [0.1, 0.15) is 4.88 Å². The molecule has 0 bridgehead atoms. The van der Waals surface area contributed by atoms with Gasteiger partial charge in [0.25, 0.3) is 0 Å². The van der Waals surface area contributed by atoms with E-state index in [1.807, 2.05) is 0 Å². The van der Waals surface area contributed by atoms with E-state index in [0.717, 1.165) is 11.3 Å². The molecule has 0 unspecified atom stereocenters. The van der Waals surface area contributed by atoms with E-state index in [-0.39, 0.29) is 11.5 Å². The quantitative estimate of drug-likeness (QED) is 0.701. The van der Waals surface area contributed by atoms with Crippen molar-refractivity contribution in [2.24, 2.45) is 0 Å². The van der Waals surface area contributed by atoms with Crippen LogP contribution in [0, 0.1) is 5.82 Å². The lowest BCUT2D eigenvalue weighted by molar-refractivity contribution is 0.0527. The monoisotopic (exact) mass is 200 g/mol. The lowest BCUT2D eigenvalue weighted by Crippen LogP contribution is -2.04. The molecule has 0 aliphatic carbocycles. The number of hydrogen-bond donors (Lipinski definition) is 0. The molecule has 0 aliphatic rings. The van der Waals surface area contributed by atoms with E-state index >= 15 is 0 Å². The maximum Gasteiger partial charge on any atom is 0.351 e. The van der Waals surface area contributed by atoms with Gasteiger partial charge in [-0.3, -0.25) is 0 Å². The molecular weight excluding hydrogens is 191 g/mol. The Bertz CT molecular complexity index is 330. The van der Waals surface area contributed by atoms with Crippen LogP contribution in [-0.2, 0) is 4.74 Å². The molecule has 2 nitrogen and oxygen atoms in total. The Morgan fingerprint density at radius 3 is 3.00 bits per heavy atom. The zero-order chi connectivity index (χ0) is 9.84. The molecule has 4 heteroatoms. The normalized spacial score (nSPS) is 9.69. The number of hydrogen-bond acceptors (Lipinski definition) is 3. The maximum absolute atomic E-state index is 13.2. The Balaban J connectivity index is 2.95. The van der Waals surface area contributed by atoms with Crippen molar-refractivity contribution in [3.63, 3.8) is 0 Å². The second-order valence-corrected chi connectivity index (χ2v) is 3.14. The van der Waals surface area contributed by atoms with Crippen LogP contribution < -0.4 is 0 Å². The molecule has 0 saturated heterocycles. The first-order chi connectivity index (χ1) is 6.20. The summed E-state index contributed by atoms with van der Waals surface area (Å²) in [6.45, 7) is 5.35. The SMILES string of the molecule is C=Cc1csc(C(=O)OCC)c1F. The van der Waals surface area contributed by atoms with Gasteiger partial charge in [-0.2, -0.15) is 0 Å². The van der Waals surface area contributed by atoms with Crippen molar-refractivity contribution in [1.29, 1.82) is 0 Å². The fourth-order valence-electron chi connectivity index (χ4n) is 0.829. The predicted octanol–water partition coefficient (Wildman–Crippen LogP) is 2.71. The first-order valence-corrected chi connectivity index (χ1v) is 4.65. The van der Waals surface area contributed by atoms with Crippen molar-refractivity contribution in [3.05, 3.63) is 28.2 Å². The Kier molecular flexibility index (Phi) is 3.19. The highest BCUT2D eigenvalue weighted by Gasteiger charge is 2.17. The van der Waals surface area contributed by atoms with Gasteiger partial charge in [-0.25, -0.2) is 9.18 Å². The van der Waals surface area contributed by atoms with Gasteiger partial charge in [-0.1, -0.05) is 12.7 Å². The topological polar surface area (TPSA) is 26.3 Å². The highest BCUT2D eigenvalue weighted by atomic mass is 32.1. The van der Waals surface area contributed by atoms with Crippen LogP contribution in [0.5, 0.6) is 0 Å². The first kappa shape index (κ1) is 9.92. The summed E-state index contributed by atoms with van der Waals surface area (Å²) >= 11 is 1.03. The smallest absolute Gasteiger partial charge is 0.351 e. The van der Waals surface area contributed by atoms with Crippen LogP contribution in [0.1, 0.15) is 22.2 Å². The van der Waals surface area contributed by atoms with E-state index in [9.17, 15) is 9.18 Å². The molecule has 13 heavy (non-hydrogen) atoms. The second kappa shape index (κ2) is 4.18. The molecule has 0 amide bonds. The summed E-state index contributed by atoms with van der Waals surface area (Å²) in [5.74, 6) is -1.16. The van der Waals surface area contributed by atoms with Crippen molar-refractivity contribution in [3.8, 4) is 0 Å². The van der Waals surface area contributed by atoms with Gasteiger partial charge in [0.2, 0.25) is 0 Å². The fourth-order valence-corrected chi connectivity index (χ4v) is 1.65. The van der Waals surface area contributed by atoms with Crippen LogP contribution in [-0.4, -0.2) is 12.6 Å². The molecule has 1 rings (SSSR count). The number of thiophene rings is 1. The zero-order valence-corrected chi connectivity index (χ0v) is 7.99. The molecule has 0 N–H and O–H groups in total. The van der Waals surface area contributed by atoms with Crippen molar-refractivity contribution in [1.82, 2.24) is 0 Å². The van der Waals surface area contributed by atoms with Gasteiger partial charge in [0.15, 0.2) is 5.82 Å². The van der Waals surface area contributed by atoms with Crippen LogP contribution in [0.2, 0.25) is 0 Å². The second-order valence-electron chi connectivity index (χ2n) is 2.26. The van der Waals surface area contributed by atoms with Gasteiger partial charge in [0, 0.05) is 10.9 Å². The summed E-state index contributed by atoms with van der Waals surface area (Å²) in [7, 11) is 0. The number of carbonyl (C=O) groups excluding carboxylic acids is 1. The Labute approximate surface area is 79.6 Å². The standard InChI is InChI=1S/C9H9FO2S/c1-3-6-5-13-8(7(6)10)9(11)12-4-2/h3,5H,1,4H2,2H3. The molecule has 1 aromatic heterocycles. The Morgan fingerprint density at radius 2 is 2.54 bits per heavy atom. The number of halogens is 1. The third-order valence-electron chi connectivity index (χ3n) is 1.44. The highest BCUT2D eigenvalue weighted by molar-refractivity contribution is 7.12. The summed E-state index contributed by atoms with van der Waals surface area (Å²) < 4.78 is 17.9. The maximum atomic E-state index is 13.2. The van der Waals surface area contributed by atoms with E-state index in [2.05, 4.69) is 11.3 Å². The molecular formula is C9H9FO2S. The molecule has 0 aliphatic heterocycles. The van der Waals surface area contributed by atoms with Gasteiger partial charge in [-0.15, -0.1) is 11.3 Å². The van der Waals surface area contributed by atoms with Crippen LogP contribution in [0.25, 0.3) is 6.08 Å². The van der Waals surface area contributed by atoms with Crippen LogP contribution in [0.4, 0.5) is 4.39 Å². The van der Waals surface area contributed by atoms with E-state index < -0.39 is 11.8 Å². The van der Waals surface area contributed by atoms with Crippen LogP contribution in [0.3, 0.4) is 0 Å². The molecule has 0 aromatic carbocycles. The molecule has 0 radical (unpaired) electrons. The third-order valence-corrected chi connectivity index (χ3v) is 2.39. The molecule has 0 spiro atoms. The average Bonchev–Trinajstić information content (AvgIpc) is 2.47. The largest absolute Gasteiger partial charge is 0.462 e. The third kappa shape index (κ3) is 1.95. The van der Waals surface area contributed by atoms with Gasteiger partial charge in [0.05, 0.1) is 6.61 Å². The van der Waals surface area contributed by atoms with Crippen LogP contribution in [0.15, 0.2) is 12.0 Å². The molecule has 1 heterocycles. The fraction of sp³-hybridized carbons (Fsp3) is 0.222. The van der Waals surface area contributed by atoms with Gasteiger partial charge in [-0.05, 0) is 6.92 Å². The van der Waals surface area contributed by atoms with Crippen molar-refractivity contribution >= 4 is 23.4 Å². The lowest BCUT2D eigenvalue weighted by Gasteiger charge is -1.97. The number of ether oxygens (including phenoxy) is 1. The summed E-state index contributed by atoms with van der Waals surface area (Å²) in [5, 5.41) is 1.54. The van der Waals surface area contributed by atoms with Crippen molar-refractivity contribution in [2.45, 2.75) is 6.92 Å². The predicted molar refractivity (Wildman–Crippen MR) is 50.3 cm³/mol. The highest BCUT2D eigenvalue weighted by Crippen LogP contribution is 2.22. The molecule has 0 atom stereocenters. The lowest BCUT2D eigenvalue weighted by atomic mass is 10.3. The van der Waals surface area contributed by atoms with Gasteiger partial charge < -0.3 is 4.74 Å². The minimum Gasteiger partial charge on any atom is -0.462 e. The van der Waals surface area contributed by atoms with Gasteiger partial charge >= 0.3 is 5.97 Å². The summed E-state index contributed by atoms with van der Waals surface area (Å²) in [4.78, 5) is 11.1. The first-order valence-electron chi connectivity index (χ1n) is 3.77. The molecule has 0 saturated carbocycles. The van der Waals surface area contributed by atoms with E-state index in [4.69, 9.17) is 0 Å². The van der Waals surface area contributed by atoms with Crippen molar-refractivity contribution in [2.75, 3.05) is 6.61 Å². The number of carbonyl (C=O) groups is 1. The van der Waals surface area contributed by atoms with Crippen molar-refractivity contribution < 1.29 is 13.9 Å². The Morgan fingerprint density at radius 1 is 1.85 bits per heavy atom. The summed E-state index contributed by atoms with van der Waals surface area (Å²) in [6, 6.07) is 0. The number of rotatable bonds is 3. The minimum atomic E-state index is -0.613. The van der Waals surface area contributed by atoms with E-state index in [0.29, 0.717) is 5.56 Å². The molecule has 0 fully saturated rings. The van der Waals surface area contributed by atoms with E-state index in [1.165, 1.54) is 11.5 Å². The zero-order valence-electron chi connectivity index (χ0n) is 7.17. The molecule has 1 aromatic rings. The van der Waals surface area contributed by atoms with E-state index in [1.54, 1.807) is 6.92 Å². The minimum absolute atomic E-state index is 0.0109. The summed E-state index contributed by atoms with van der Waals surface area (Å²) in [6.07, 6.45) is 1.37. The number of esters is 1. The van der Waals surface area contributed by atoms with Crippen LogP contribution >= 0.6 is 11.3 Å². The summed E-state index contributed by atoms with van der Waals surface area (Å²) in [5.41, 5.74) is 0.341. The Hall–Kier alpha value is -1.16. The molecule has 70 valence electrons. The average molecular weight is 200 g/mol.